The number of rotatable bonds is 8. The molecule has 0 atom stereocenters. The minimum atomic E-state index is -0.458. The fourth-order valence-corrected chi connectivity index (χ4v) is 2.16. The van der Waals surface area contributed by atoms with Gasteiger partial charge in [-0.3, -0.25) is 9.78 Å². The highest BCUT2D eigenvalue weighted by molar-refractivity contribution is 6.05. The lowest BCUT2D eigenvalue weighted by Gasteiger charge is -2.09. The van der Waals surface area contributed by atoms with Crippen LogP contribution in [-0.4, -0.2) is 44.2 Å². The number of anilines is 2. The van der Waals surface area contributed by atoms with Gasteiger partial charge in [-0.25, -0.2) is 4.79 Å². The Morgan fingerprint density at radius 3 is 2.64 bits per heavy atom. The van der Waals surface area contributed by atoms with E-state index in [0.29, 0.717) is 23.4 Å². The Hall–Kier alpha value is -2.93. The summed E-state index contributed by atoms with van der Waals surface area (Å²) in [6, 6.07) is 8.27. The van der Waals surface area contributed by atoms with Crippen molar-refractivity contribution < 1.29 is 19.1 Å². The lowest BCUT2D eigenvalue weighted by Crippen LogP contribution is -2.14. The van der Waals surface area contributed by atoms with Crippen LogP contribution in [0.2, 0.25) is 0 Å². The Labute approximate surface area is 146 Å². The molecule has 1 aromatic heterocycles. The van der Waals surface area contributed by atoms with E-state index in [4.69, 9.17) is 4.74 Å². The summed E-state index contributed by atoms with van der Waals surface area (Å²) in [5, 5.41) is 5.93. The van der Waals surface area contributed by atoms with Gasteiger partial charge in [-0.15, -0.1) is 0 Å². The third-order valence-electron chi connectivity index (χ3n) is 3.40. The SMILES string of the molecule is COCCCNc1cncc(C(=O)Nc2cccc(C(=O)OC)c2)c1. The van der Waals surface area contributed by atoms with Gasteiger partial charge in [0.15, 0.2) is 0 Å². The Bertz CT molecular complexity index is 734. The summed E-state index contributed by atoms with van der Waals surface area (Å²) in [7, 11) is 2.96. The molecule has 0 aliphatic carbocycles. The molecule has 0 spiro atoms. The van der Waals surface area contributed by atoms with Crippen molar-refractivity contribution in [3.05, 3.63) is 53.9 Å². The van der Waals surface area contributed by atoms with E-state index in [1.807, 2.05) is 0 Å². The van der Waals surface area contributed by atoms with Gasteiger partial charge in [0.2, 0.25) is 0 Å². The molecule has 0 saturated heterocycles. The summed E-state index contributed by atoms with van der Waals surface area (Å²) in [4.78, 5) is 28.0. The zero-order valence-electron chi connectivity index (χ0n) is 14.2. The quantitative estimate of drug-likeness (QED) is 0.566. The normalized spacial score (nSPS) is 10.2. The van der Waals surface area contributed by atoms with Crippen LogP contribution in [0, 0.1) is 0 Å². The topological polar surface area (TPSA) is 89.5 Å². The molecule has 0 radical (unpaired) electrons. The summed E-state index contributed by atoms with van der Waals surface area (Å²) >= 11 is 0. The highest BCUT2D eigenvalue weighted by Gasteiger charge is 2.10. The summed E-state index contributed by atoms with van der Waals surface area (Å²) in [6.45, 7) is 1.39. The van der Waals surface area contributed by atoms with Crippen LogP contribution in [0.15, 0.2) is 42.7 Å². The Kier molecular flexibility index (Phi) is 6.91. The van der Waals surface area contributed by atoms with Crippen molar-refractivity contribution in [2.45, 2.75) is 6.42 Å². The summed E-state index contributed by atoms with van der Waals surface area (Å²) < 4.78 is 9.66. The van der Waals surface area contributed by atoms with E-state index in [0.717, 1.165) is 18.7 Å². The number of esters is 1. The molecule has 0 unspecified atom stereocenters. The number of carbonyl (C=O) groups excluding carboxylic acids is 2. The van der Waals surface area contributed by atoms with Crippen molar-refractivity contribution >= 4 is 23.3 Å². The molecule has 0 fully saturated rings. The molecule has 0 aliphatic heterocycles. The minimum Gasteiger partial charge on any atom is -0.465 e. The number of carbonyl (C=O) groups is 2. The fourth-order valence-electron chi connectivity index (χ4n) is 2.16. The van der Waals surface area contributed by atoms with Crippen LogP contribution >= 0.6 is 0 Å². The number of methoxy groups -OCH3 is 2. The first kappa shape index (κ1) is 18.4. The molecule has 2 rings (SSSR count). The molecule has 2 N–H and O–H groups in total. The molecule has 25 heavy (non-hydrogen) atoms. The predicted molar refractivity (Wildman–Crippen MR) is 95.0 cm³/mol. The number of pyridine rings is 1. The number of aromatic nitrogens is 1. The van der Waals surface area contributed by atoms with Crippen molar-refractivity contribution in [1.29, 1.82) is 0 Å². The van der Waals surface area contributed by atoms with Gasteiger partial charge in [-0.05, 0) is 30.7 Å². The number of hydrogen-bond acceptors (Lipinski definition) is 6. The minimum absolute atomic E-state index is 0.310. The number of nitrogens with zero attached hydrogens (tertiary/aromatic N) is 1. The van der Waals surface area contributed by atoms with Gasteiger partial charge in [0.25, 0.3) is 5.91 Å². The largest absolute Gasteiger partial charge is 0.465 e. The van der Waals surface area contributed by atoms with E-state index in [1.54, 1.807) is 43.6 Å². The van der Waals surface area contributed by atoms with E-state index in [9.17, 15) is 9.59 Å². The molecule has 132 valence electrons. The summed E-state index contributed by atoms with van der Waals surface area (Å²) in [6.07, 6.45) is 3.99. The third kappa shape index (κ3) is 5.58. The van der Waals surface area contributed by atoms with E-state index >= 15 is 0 Å². The lowest BCUT2D eigenvalue weighted by atomic mass is 10.2. The highest BCUT2D eigenvalue weighted by atomic mass is 16.5. The van der Waals surface area contributed by atoms with E-state index in [-0.39, 0.29) is 5.91 Å². The second kappa shape index (κ2) is 9.39. The average Bonchev–Trinajstić information content (AvgIpc) is 2.65. The Morgan fingerprint density at radius 1 is 1.08 bits per heavy atom. The number of nitrogens with one attached hydrogen (secondary N) is 2. The van der Waals surface area contributed by atoms with Gasteiger partial charge in [0.1, 0.15) is 0 Å². The Balaban J connectivity index is 2.02. The van der Waals surface area contributed by atoms with E-state index < -0.39 is 5.97 Å². The molecular formula is C18H21N3O4. The van der Waals surface area contributed by atoms with Crippen LogP contribution in [-0.2, 0) is 9.47 Å². The van der Waals surface area contributed by atoms with E-state index in [1.165, 1.54) is 13.3 Å². The molecule has 1 amide bonds. The molecule has 0 saturated carbocycles. The van der Waals surface area contributed by atoms with Gasteiger partial charge < -0.3 is 20.1 Å². The van der Waals surface area contributed by atoms with Crippen LogP contribution in [0.5, 0.6) is 0 Å². The van der Waals surface area contributed by atoms with E-state index in [2.05, 4.69) is 20.4 Å². The van der Waals surface area contributed by atoms with Crippen LogP contribution in [0.25, 0.3) is 0 Å². The van der Waals surface area contributed by atoms with Crippen molar-refractivity contribution in [2.24, 2.45) is 0 Å². The number of hydrogen-bond donors (Lipinski definition) is 2. The molecule has 1 aromatic carbocycles. The maximum atomic E-state index is 12.4. The first-order chi connectivity index (χ1) is 12.1. The average molecular weight is 343 g/mol. The molecular weight excluding hydrogens is 322 g/mol. The molecule has 2 aromatic rings. The maximum Gasteiger partial charge on any atom is 0.337 e. The Morgan fingerprint density at radius 2 is 1.88 bits per heavy atom. The van der Waals surface area contributed by atoms with Crippen LogP contribution in [0.3, 0.4) is 0 Å². The van der Waals surface area contributed by atoms with Crippen molar-refractivity contribution in [1.82, 2.24) is 4.98 Å². The summed E-state index contributed by atoms with van der Waals surface area (Å²) in [5.74, 6) is -0.768. The zero-order chi connectivity index (χ0) is 18.1. The standard InChI is InChI=1S/C18H21N3O4/c1-24-8-4-7-20-16-10-14(11-19-12-16)17(22)21-15-6-3-5-13(9-15)18(23)25-2/h3,5-6,9-12,20H,4,7-8H2,1-2H3,(H,21,22). The molecule has 7 nitrogen and oxygen atoms in total. The maximum absolute atomic E-state index is 12.4. The van der Waals surface area contributed by atoms with Gasteiger partial charge in [-0.2, -0.15) is 0 Å². The first-order valence-electron chi connectivity index (χ1n) is 7.81. The highest BCUT2D eigenvalue weighted by Crippen LogP contribution is 2.14. The molecule has 1 heterocycles. The van der Waals surface area contributed by atoms with Gasteiger partial charge >= 0.3 is 5.97 Å². The third-order valence-corrected chi connectivity index (χ3v) is 3.40. The van der Waals surface area contributed by atoms with Gasteiger partial charge in [0.05, 0.1) is 23.9 Å². The smallest absolute Gasteiger partial charge is 0.337 e. The number of benzene rings is 1. The van der Waals surface area contributed by atoms with Gasteiger partial charge in [-0.1, -0.05) is 6.07 Å². The van der Waals surface area contributed by atoms with Crippen LogP contribution < -0.4 is 10.6 Å². The van der Waals surface area contributed by atoms with Crippen LogP contribution in [0.1, 0.15) is 27.1 Å². The number of ether oxygens (including phenoxy) is 2. The van der Waals surface area contributed by atoms with Crippen molar-refractivity contribution in [3.63, 3.8) is 0 Å². The zero-order valence-corrected chi connectivity index (χ0v) is 14.2. The second-order valence-corrected chi connectivity index (χ2v) is 5.26. The fraction of sp³-hybridized carbons (Fsp3) is 0.278. The monoisotopic (exact) mass is 343 g/mol. The van der Waals surface area contributed by atoms with Crippen LogP contribution in [0.4, 0.5) is 11.4 Å². The molecule has 0 aliphatic rings. The first-order valence-corrected chi connectivity index (χ1v) is 7.81. The summed E-state index contributed by atoms with van der Waals surface area (Å²) in [5.41, 5.74) is 2.05. The van der Waals surface area contributed by atoms with Crippen molar-refractivity contribution in [2.75, 3.05) is 38.0 Å². The van der Waals surface area contributed by atoms with Crippen molar-refractivity contribution in [3.8, 4) is 0 Å². The number of amides is 1. The predicted octanol–water partition coefficient (Wildman–Crippen LogP) is 2.57. The molecule has 0 bridgehead atoms. The second-order valence-electron chi connectivity index (χ2n) is 5.26. The lowest BCUT2D eigenvalue weighted by molar-refractivity contribution is 0.0600. The molecule has 7 heteroatoms. The van der Waals surface area contributed by atoms with Gasteiger partial charge in [0, 0.05) is 38.3 Å².